The maximum atomic E-state index is 12.7. The molecule has 0 aliphatic carbocycles. The Morgan fingerprint density at radius 1 is 1.16 bits per heavy atom. The van der Waals surface area contributed by atoms with E-state index in [1.165, 1.54) is 4.90 Å². The van der Waals surface area contributed by atoms with Crippen molar-refractivity contribution in [1.29, 1.82) is 0 Å². The highest BCUT2D eigenvalue weighted by Gasteiger charge is 2.18. The largest absolute Gasteiger partial charge is 0.330 e. The lowest BCUT2D eigenvalue weighted by molar-refractivity contribution is -0.133. The first-order chi connectivity index (χ1) is 14.9. The fourth-order valence-corrected chi connectivity index (χ4v) is 3.23. The van der Waals surface area contributed by atoms with Gasteiger partial charge in [-0.1, -0.05) is 54.4 Å². The van der Waals surface area contributed by atoms with Crippen LogP contribution in [-0.2, 0) is 9.59 Å². The molecule has 2 aromatic carbocycles. The van der Waals surface area contributed by atoms with Gasteiger partial charge < -0.3 is 4.90 Å². The number of aryl methyl sites for hydroxylation is 1. The Kier molecular flexibility index (Phi) is 7.26. The number of carbonyl (C=O) groups is 2. The molecule has 0 bridgehead atoms. The van der Waals surface area contributed by atoms with E-state index >= 15 is 0 Å². The molecule has 31 heavy (non-hydrogen) atoms. The minimum absolute atomic E-state index is 0.0737. The van der Waals surface area contributed by atoms with Gasteiger partial charge in [0, 0.05) is 35.4 Å². The van der Waals surface area contributed by atoms with E-state index in [2.05, 4.69) is 16.9 Å². The number of amides is 2. The average Bonchev–Trinajstić information content (AvgIpc) is 3.17. The number of hydrogen-bond acceptors (Lipinski definition) is 3. The number of carbonyl (C=O) groups excluding carboxylic acids is 2. The molecule has 7 heteroatoms. The molecule has 0 atom stereocenters. The summed E-state index contributed by atoms with van der Waals surface area (Å²) in [7, 11) is 0. The van der Waals surface area contributed by atoms with Crippen molar-refractivity contribution in [3.63, 3.8) is 0 Å². The van der Waals surface area contributed by atoms with E-state index < -0.39 is 0 Å². The lowest BCUT2D eigenvalue weighted by Gasteiger charge is -2.19. The number of nitrogens with one attached hydrogen (secondary N) is 1. The van der Waals surface area contributed by atoms with Gasteiger partial charge in [-0.15, -0.1) is 6.58 Å². The van der Waals surface area contributed by atoms with Gasteiger partial charge in [0.05, 0.1) is 5.69 Å². The summed E-state index contributed by atoms with van der Waals surface area (Å²) in [5.74, 6) is -0.0645. The van der Waals surface area contributed by atoms with Gasteiger partial charge in [0.25, 0.3) is 0 Å². The summed E-state index contributed by atoms with van der Waals surface area (Å²) in [4.78, 5) is 30.9. The predicted octanol–water partition coefficient (Wildman–Crippen LogP) is 4.86. The van der Waals surface area contributed by atoms with Crippen molar-refractivity contribution in [3.8, 4) is 16.9 Å². The number of imidazole rings is 1. The number of rotatable bonds is 8. The van der Waals surface area contributed by atoms with Gasteiger partial charge in [-0.05, 0) is 31.2 Å². The van der Waals surface area contributed by atoms with Crippen LogP contribution in [0.3, 0.4) is 0 Å². The highest BCUT2D eigenvalue weighted by Crippen LogP contribution is 2.25. The van der Waals surface area contributed by atoms with Crippen molar-refractivity contribution in [1.82, 2.24) is 14.5 Å². The molecule has 0 aliphatic rings. The first-order valence-electron chi connectivity index (χ1n) is 10.0. The average molecular weight is 437 g/mol. The first-order valence-corrected chi connectivity index (χ1v) is 10.4. The van der Waals surface area contributed by atoms with Crippen LogP contribution in [0.2, 0.25) is 5.02 Å². The van der Waals surface area contributed by atoms with Gasteiger partial charge in [-0.3, -0.25) is 19.5 Å². The van der Waals surface area contributed by atoms with Crippen molar-refractivity contribution in [2.24, 2.45) is 0 Å². The maximum absolute atomic E-state index is 12.7. The van der Waals surface area contributed by atoms with Crippen LogP contribution in [-0.4, -0.2) is 39.4 Å². The van der Waals surface area contributed by atoms with E-state index in [9.17, 15) is 9.59 Å². The van der Waals surface area contributed by atoms with Crippen molar-refractivity contribution in [3.05, 3.63) is 78.0 Å². The van der Waals surface area contributed by atoms with Crippen molar-refractivity contribution in [2.75, 3.05) is 18.4 Å². The van der Waals surface area contributed by atoms with Gasteiger partial charge in [-0.2, -0.15) is 0 Å². The van der Waals surface area contributed by atoms with E-state index in [0.29, 0.717) is 29.6 Å². The fourth-order valence-electron chi connectivity index (χ4n) is 3.10. The summed E-state index contributed by atoms with van der Waals surface area (Å²) < 4.78 is 1.82. The first kappa shape index (κ1) is 22.3. The maximum Gasteiger partial charge on any atom is 0.246 e. The minimum atomic E-state index is -0.328. The van der Waals surface area contributed by atoms with Gasteiger partial charge in [0.1, 0.15) is 6.54 Å². The molecule has 3 rings (SSSR count). The fraction of sp³-hybridized carbons (Fsp3) is 0.208. The van der Waals surface area contributed by atoms with Crippen LogP contribution in [0.5, 0.6) is 0 Å². The lowest BCUT2D eigenvalue weighted by atomic mass is 10.2. The van der Waals surface area contributed by atoms with Crippen LogP contribution >= 0.6 is 11.6 Å². The minimum Gasteiger partial charge on any atom is -0.330 e. The molecule has 1 N–H and O–H groups in total. The predicted molar refractivity (Wildman–Crippen MR) is 124 cm³/mol. The van der Waals surface area contributed by atoms with Gasteiger partial charge in [0.15, 0.2) is 0 Å². The molecule has 1 heterocycles. The van der Waals surface area contributed by atoms with E-state index in [1.807, 2.05) is 54.1 Å². The zero-order valence-electron chi connectivity index (χ0n) is 17.6. The van der Waals surface area contributed by atoms with Crippen LogP contribution in [0.25, 0.3) is 16.9 Å². The SMILES string of the molecule is C=CCN(CC(=O)Nc1nc(-c2ccc(Cl)cc2)cn1-c1ccc(C)cc1)C(=O)CC. The van der Waals surface area contributed by atoms with Crippen LogP contribution in [0.15, 0.2) is 67.4 Å². The summed E-state index contributed by atoms with van der Waals surface area (Å²) in [6.45, 7) is 7.67. The van der Waals surface area contributed by atoms with Crippen molar-refractivity contribution >= 4 is 29.4 Å². The molecular weight excluding hydrogens is 412 g/mol. The molecule has 0 saturated heterocycles. The highest BCUT2D eigenvalue weighted by atomic mass is 35.5. The zero-order valence-corrected chi connectivity index (χ0v) is 18.4. The molecule has 0 radical (unpaired) electrons. The lowest BCUT2D eigenvalue weighted by Crippen LogP contribution is -2.38. The molecular formula is C24H25ClN4O2. The molecule has 3 aromatic rings. The summed E-state index contributed by atoms with van der Waals surface area (Å²) in [5.41, 5.74) is 3.56. The van der Waals surface area contributed by atoms with E-state index in [-0.39, 0.29) is 18.4 Å². The Morgan fingerprint density at radius 3 is 2.45 bits per heavy atom. The van der Waals surface area contributed by atoms with Crippen LogP contribution in [0.4, 0.5) is 5.95 Å². The van der Waals surface area contributed by atoms with E-state index in [4.69, 9.17) is 11.6 Å². The van der Waals surface area contributed by atoms with Crippen molar-refractivity contribution < 1.29 is 9.59 Å². The van der Waals surface area contributed by atoms with Gasteiger partial charge in [0.2, 0.25) is 17.8 Å². The summed E-state index contributed by atoms with van der Waals surface area (Å²) in [6.07, 6.45) is 3.79. The molecule has 6 nitrogen and oxygen atoms in total. The molecule has 0 spiro atoms. The summed E-state index contributed by atoms with van der Waals surface area (Å²) >= 11 is 6.00. The number of hydrogen-bond donors (Lipinski definition) is 1. The number of anilines is 1. The quantitative estimate of drug-likeness (QED) is 0.512. The molecule has 0 saturated carbocycles. The molecule has 160 valence electrons. The Hall–Kier alpha value is -3.38. The molecule has 0 unspecified atom stereocenters. The third kappa shape index (κ3) is 5.61. The van der Waals surface area contributed by atoms with E-state index in [1.54, 1.807) is 25.1 Å². The van der Waals surface area contributed by atoms with Crippen LogP contribution < -0.4 is 5.32 Å². The number of aromatic nitrogens is 2. The summed E-state index contributed by atoms with van der Waals surface area (Å²) in [6, 6.07) is 15.3. The monoisotopic (exact) mass is 436 g/mol. The number of halogens is 1. The second kappa shape index (κ2) is 10.1. The third-order valence-electron chi connectivity index (χ3n) is 4.75. The van der Waals surface area contributed by atoms with Crippen molar-refractivity contribution in [2.45, 2.75) is 20.3 Å². The molecule has 0 fully saturated rings. The zero-order chi connectivity index (χ0) is 22.4. The normalized spacial score (nSPS) is 10.5. The topological polar surface area (TPSA) is 67.2 Å². The highest BCUT2D eigenvalue weighted by molar-refractivity contribution is 6.30. The van der Waals surface area contributed by atoms with E-state index in [0.717, 1.165) is 16.8 Å². The Morgan fingerprint density at radius 2 is 1.84 bits per heavy atom. The second-order valence-corrected chi connectivity index (χ2v) is 7.56. The molecule has 0 aliphatic heterocycles. The van der Waals surface area contributed by atoms with Crippen LogP contribution in [0, 0.1) is 6.92 Å². The molecule has 1 aromatic heterocycles. The van der Waals surface area contributed by atoms with Gasteiger partial charge >= 0.3 is 0 Å². The van der Waals surface area contributed by atoms with Crippen LogP contribution in [0.1, 0.15) is 18.9 Å². The second-order valence-electron chi connectivity index (χ2n) is 7.13. The number of benzene rings is 2. The molecule has 2 amide bonds. The summed E-state index contributed by atoms with van der Waals surface area (Å²) in [5, 5.41) is 3.49. The smallest absolute Gasteiger partial charge is 0.246 e. The Bertz CT molecular complexity index is 1070. The standard InChI is InChI=1S/C24H25ClN4O2/c1-4-14-28(23(31)5-2)16-22(30)27-24-26-21(18-8-10-19(25)11-9-18)15-29(24)20-12-6-17(3)7-13-20/h4,6-13,15H,1,5,14,16H2,2-3H3,(H,26,27,30). The number of nitrogens with zero attached hydrogens (tertiary/aromatic N) is 3. The third-order valence-corrected chi connectivity index (χ3v) is 5.00. The van der Waals surface area contributed by atoms with Gasteiger partial charge in [-0.25, -0.2) is 4.98 Å². The Labute approximate surface area is 187 Å². The Balaban J connectivity index is 1.92.